The number of anilines is 1. The third-order valence-corrected chi connectivity index (χ3v) is 6.13. The molecule has 0 amide bonds. The van der Waals surface area contributed by atoms with E-state index in [0.717, 1.165) is 47.8 Å². The SMILES string of the molecule is Cc1cc(N2C[C@@H]3C[C@H](C2)c2cc(-c4ccc(C(=O)O)cc4)cc(=O)n2C3)ncn1. The number of carboxylic acids is 1. The van der Waals surface area contributed by atoms with Crippen LogP contribution in [0.1, 0.15) is 34.1 Å². The Hall–Kier alpha value is -3.48. The number of aromatic carboxylic acids is 1. The number of hydrogen-bond donors (Lipinski definition) is 1. The molecule has 152 valence electrons. The molecule has 0 radical (unpaired) electrons. The molecule has 7 heteroatoms. The molecule has 0 spiro atoms. The van der Waals surface area contributed by atoms with Crippen LogP contribution in [0.25, 0.3) is 11.1 Å². The second kappa shape index (κ2) is 7.09. The van der Waals surface area contributed by atoms with Crippen molar-refractivity contribution < 1.29 is 9.90 Å². The first-order valence-corrected chi connectivity index (χ1v) is 10.1. The van der Waals surface area contributed by atoms with E-state index in [1.165, 1.54) is 0 Å². The summed E-state index contributed by atoms with van der Waals surface area (Å²) in [6, 6.07) is 12.4. The minimum absolute atomic E-state index is 0.00541. The third-order valence-electron chi connectivity index (χ3n) is 6.13. The number of nitrogens with zero attached hydrogens (tertiary/aromatic N) is 4. The molecule has 2 aliphatic heterocycles. The quantitative estimate of drug-likeness (QED) is 0.725. The summed E-state index contributed by atoms with van der Waals surface area (Å²) in [5, 5.41) is 9.12. The highest BCUT2D eigenvalue weighted by atomic mass is 16.4. The van der Waals surface area contributed by atoms with E-state index in [1.807, 2.05) is 17.6 Å². The van der Waals surface area contributed by atoms with E-state index in [9.17, 15) is 9.59 Å². The summed E-state index contributed by atoms with van der Waals surface area (Å²) in [5.41, 5.74) is 3.91. The Morgan fingerprint density at radius 2 is 1.83 bits per heavy atom. The summed E-state index contributed by atoms with van der Waals surface area (Å²) in [7, 11) is 0. The predicted octanol–water partition coefficient (Wildman–Crippen LogP) is 2.94. The number of piperidine rings is 1. The van der Waals surface area contributed by atoms with Gasteiger partial charge in [-0.3, -0.25) is 4.79 Å². The maximum absolute atomic E-state index is 12.9. The maximum atomic E-state index is 12.9. The average molecular weight is 402 g/mol. The highest BCUT2D eigenvalue weighted by molar-refractivity contribution is 5.88. The molecule has 2 aromatic heterocycles. The van der Waals surface area contributed by atoms with Gasteiger partial charge in [0, 0.05) is 49.1 Å². The molecule has 2 atom stereocenters. The van der Waals surface area contributed by atoms with E-state index in [1.54, 1.807) is 36.7 Å². The van der Waals surface area contributed by atoms with E-state index >= 15 is 0 Å². The van der Waals surface area contributed by atoms with Crippen molar-refractivity contribution in [2.24, 2.45) is 5.92 Å². The van der Waals surface area contributed by atoms with Crippen LogP contribution in [0.3, 0.4) is 0 Å². The van der Waals surface area contributed by atoms with Gasteiger partial charge in [-0.1, -0.05) is 12.1 Å². The fourth-order valence-electron chi connectivity index (χ4n) is 4.73. The average Bonchev–Trinajstić information content (AvgIpc) is 2.74. The highest BCUT2D eigenvalue weighted by Gasteiger charge is 2.35. The lowest BCUT2D eigenvalue weighted by Crippen LogP contribution is -2.47. The monoisotopic (exact) mass is 402 g/mol. The molecule has 5 rings (SSSR count). The Bertz CT molecular complexity index is 1190. The maximum Gasteiger partial charge on any atom is 0.335 e. The van der Waals surface area contributed by atoms with Crippen molar-refractivity contribution in [3.8, 4) is 11.1 Å². The van der Waals surface area contributed by atoms with Gasteiger partial charge >= 0.3 is 5.97 Å². The first-order chi connectivity index (χ1) is 14.5. The van der Waals surface area contributed by atoms with Crippen LogP contribution in [-0.4, -0.2) is 38.7 Å². The summed E-state index contributed by atoms with van der Waals surface area (Å²) in [4.78, 5) is 35.0. The Kier molecular flexibility index (Phi) is 4.38. The van der Waals surface area contributed by atoms with Crippen LogP contribution in [-0.2, 0) is 6.54 Å². The minimum Gasteiger partial charge on any atom is -0.478 e. The summed E-state index contributed by atoms with van der Waals surface area (Å²) >= 11 is 0. The van der Waals surface area contributed by atoms with Crippen molar-refractivity contribution in [1.29, 1.82) is 0 Å². The van der Waals surface area contributed by atoms with Gasteiger partial charge < -0.3 is 14.6 Å². The zero-order chi connectivity index (χ0) is 20.8. The summed E-state index contributed by atoms with van der Waals surface area (Å²) in [6.07, 6.45) is 2.66. The van der Waals surface area contributed by atoms with Crippen molar-refractivity contribution in [3.05, 3.63) is 76.1 Å². The van der Waals surface area contributed by atoms with Gasteiger partial charge in [-0.2, -0.15) is 0 Å². The van der Waals surface area contributed by atoms with Crippen LogP contribution >= 0.6 is 0 Å². The first kappa shape index (κ1) is 18.5. The van der Waals surface area contributed by atoms with Crippen molar-refractivity contribution in [2.45, 2.75) is 25.8 Å². The normalized spacial score (nSPS) is 20.0. The van der Waals surface area contributed by atoms with Crippen molar-refractivity contribution >= 4 is 11.8 Å². The Morgan fingerprint density at radius 1 is 1.03 bits per heavy atom. The van der Waals surface area contributed by atoms with Crippen LogP contribution in [0.2, 0.25) is 0 Å². The Balaban J connectivity index is 1.50. The van der Waals surface area contributed by atoms with Crippen molar-refractivity contribution in [3.63, 3.8) is 0 Å². The number of rotatable bonds is 3. The van der Waals surface area contributed by atoms with Gasteiger partial charge in [-0.25, -0.2) is 14.8 Å². The first-order valence-electron chi connectivity index (χ1n) is 10.1. The third kappa shape index (κ3) is 3.26. The van der Waals surface area contributed by atoms with Gasteiger partial charge in [0.1, 0.15) is 12.1 Å². The van der Waals surface area contributed by atoms with Crippen LogP contribution in [0.5, 0.6) is 0 Å². The summed E-state index contributed by atoms with van der Waals surface area (Å²) < 4.78 is 1.91. The summed E-state index contributed by atoms with van der Waals surface area (Å²) in [5.74, 6) is 0.636. The molecule has 0 unspecified atom stereocenters. The molecule has 2 aliphatic rings. The number of fused-ring (bicyclic) bond motifs is 4. The topological polar surface area (TPSA) is 88.3 Å². The largest absolute Gasteiger partial charge is 0.478 e. The summed E-state index contributed by atoms with van der Waals surface area (Å²) in [6.45, 7) is 4.38. The number of carboxylic acid groups (broad SMARTS) is 1. The zero-order valence-electron chi connectivity index (χ0n) is 16.7. The number of benzene rings is 1. The lowest BCUT2D eigenvalue weighted by molar-refractivity contribution is 0.0697. The standard InChI is InChI=1S/C23H22N4O3/c1-14-6-21(25-13-24-14)26-10-15-7-19(12-26)20-8-18(9-22(28)27(20)11-15)16-2-4-17(5-3-16)23(29)30/h2-6,8-9,13,15,19H,7,10-12H2,1H3,(H,29,30)/t15-,19+/m0/s1. The molecule has 1 saturated heterocycles. The number of carbonyl (C=O) groups is 1. The second-order valence-electron chi connectivity index (χ2n) is 8.22. The number of pyridine rings is 1. The van der Waals surface area contributed by atoms with Crippen LogP contribution < -0.4 is 10.5 Å². The minimum atomic E-state index is -0.958. The van der Waals surface area contributed by atoms with E-state index in [4.69, 9.17) is 5.11 Å². The van der Waals surface area contributed by atoms with Gasteiger partial charge in [0.05, 0.1) is 5.56 Å². The van der Waals surface area contributed by atoms with E-state index in [2.05, 4.69) is 20.9 Å². The van der Waals surface area contributed by atoms with Crippen molar-refractivity contribution in [1.82, 2.24) is 14.5 Å². The Labute approximate surface area is 173 Å². The molecule has 4 heterocycles. The highest BCUT2D eigenvalue weighted by Crippen LogP contribution is 2.37. The fraction of sp³-hybridized carbons (Fsp3) is 0.304. The van der Waals surface area contributed by atoms with Gasteiger partial charge in [0.15, 0.2) is 0 Å². The number of aryl methyl sites for hydroxylation is 1. The Morgan fingerprint density at radius 3 is 2.57 bits per heavy atom. The molecule has 2 bridgehead atoms. The van der Waals surface area contributed by atoms with Crippen LogP contribution in [0, 0.1) is 12.8 Å². The predicted molar refractivity (Wildman–Crippen MR) is 113 cm³/mol. The molecule has 1 N–H and O–H groups in total. The lowest BCUT2D eigenvalue weighted by Gasteiger charge is -2.43. The molecule has 3 aromatic rings. The molecule has 1 fully saturated rings. The second-order valence-corrected chi connectivity index (χ2v) is 8.22. The van der Waals surface area contributed by atoms with Crippen LogP contribution in [0.15, 0.2) is 53.6 Å². The van der Waals surface area contributed by atoms with Crippen molar-refractivity contribution in [2.75, 3.05) is 18.0 Å². The van der Waals surface area contributed by atoms with E-state index in [-0.39, 0.29) is 17.0 Å². The molecule has 30 heavy (non-hydrogen) atoms. The number of aromatic nitrogens is 3. The zero-order valence-corrected chi connectivity index (χ0v) is 16.7. The molecule has 1 aromatic carbocycles. The molecular weight excluding hydrogens is 380 g/mol. The van der Waals surface area contributed by atoms with E-state index in [0.29, 0.717) is 12.5 Å². The fourth-order valence-corrected chi connectivity index (χ4v) is 4.73. The van der Waals surface area contributed by atoms with Gasteiger partial charge in [0.25, 0.3) is 5.56 Å². The van der Waals surface area contributed by atoms with Gasteiger partial charge in [-0.15, -0.1) is 0 Å². The molecule has 0 aliphatic carbocycles. The van der Waals surface area contributed by atoms with Crippen LogP contribution in [0.4, 0.5) is 5.82 Å². The van der Waals surface area contributed by atoms with E-state index < -0.39 is 5.97 Å². The molecular formula is C23H22N4O3. The lowest BCUT2D eigenvalue weighted by atomic mass is 9.82. The van der Waals surface area contributed by atoms with Gasteiger partial charge in [-0.05, 0) is 48.6 Å². The number of hydrogen-bond acceptors (Lipinski definition) is 5. The molecule has 0 saturated carbocycles. The molecule has 7 nitrogen and oxygen atoms in total. The van der Waals surface area contributed by atoms with Gasteiger partial charge in [0.2, 0.25) is 0 Å². The smallest absolute Gasteiger partial charge is 0.335 e.